The molecule has 152 valence electrons. The number of nitrogens with one attached hydrogen (secondary N) is 2. The van der Waals surface area contributed by atoms with Crippen LogP contribution in [0.1, 0.15) is 18.1 Å². The lowest BCUT2D eigenvalue weighted by molar-refractivity contribution is -0.119. The van der Waals surface area contributed by atoms with Gasteiger partial charge in [0.05, 0.1) is 7.11 Å². The van der Waals surface area contributed by atoms with Crippen molar-refractivity contribution in [2.45, 2.75) is 20.0 Å². The minimum Gasteiger partial charge on any atom is -0.497 e. The van der Waals surface area contributed by atoms with Crippen molar-refractivity contribution in [2.24, 2.45) is 4.99 Å². The molecule has 0 fully saturated rings. The summed E-state index contributed by atoms with van der Waals surface area (Å²) in [5.41, 5.74) is 2.20. The van der Waals surface area contributed by atoms with Crippen LogP contribution in [0.3, 0.4) is 0 Å². The zero-order valence-electron chi connectivity index (χ0n) is 16.6. The Bertz CT molecular complexity index is 736. The van der Waals surface area contributed by atoms with Gasteiger partial charge in [0.1, 0.15) is 12.3 Å². The van der Waals surface area contributed by atoms with Gasteiger partial charge in [0.15, 0.2) is 5.96 Å². The first kappa shape index (κ1) is 23.7. The van der Waals surface area contributed by atoms with Gasteiger partial charge in [-0.05, 0) is 30.2 Å². The van der Waals surface area contributed by atoms with E-state index >= 15 is 0 Å². The van der Waals surface area contributed by atoms with Gasteiger partial charge in [-0.1, -0.05) is 42.5 Å². The van der Waals surface area contributed by atoms with E-state index in [0.29, 0.717) is 19.0 Å². The first-order valence-electron chi connectivity index (χ1n) is 9.05. The number of amides is 1. The second-order valence-electron chi connectivity index (χ2n) is 6.14. The lowest BCUT2D eigenvalue weighted by Gasteiger charge is -2.22. The van der Waals surface area contributed by atoms with Crippen LogP contribution in [0.5, 0.6) is 5.75 Å². The summed E-state index contributed by atoms with van der Waals surface area (Å²) in [6, 6.07) is 17.7. The van der Waals surface area contributed by atoms with E-state index in [4.69, 9.17) is 4.74 Å². The SMILES string of the molecule is CCNC(=NCC(=O)NCc1ccccc1)N(C)Cc1ccc(OC)cc1.I. The van der Waals surface area contributed by atoms with Crippen molar-refractivity contribution in [1.29, 1.82) is 0 Å². The number of carbonyl (C=O) groups excluding carboxylic acids is 1. The minimum atomic E-state index is -0.105. The molecule has 2 rings (SSSR count). The summed E-state index contributed by atoms with van der Waals surface area (Å²) in [6.07, 6.45) is 0. The number of guanidine groups is 1. The van der Waals surface area contributed by atoms with Crippen molar-refractivity contribution in [3.8, 4) is 5.75 Å². The maximum Gasteiger partial charge on any atom is 0.242 e. The smallest absolute Gasteiger partial charge is 0.242 e. The van der Waals surface area contributed by atoms with Crippen LogP contribution in [0, 0.1) is 0 Å². The molecule has 0 unspecified atom stereocenters. The third-order valence-electron chi connectivity index (χ3n) is 3.98. The highest BCUT2D eigenvalue weighted by Gasteiger charge is 2.08. The summed E-state index contributed by atoms with van der Waals surface area (Å²) < 4.78 is 5.19. The normalized spacial score (nSPS) is 10.6. The predicted molar refractivity (Wildman–Crippen MR) is 124 cm³/mol. The zero-order chi connectivity index (χ0) is 19.5. The second-order valence-corrected chi connectivity index (χ2v) is 6.14. The van der Waals surface area contributed by atoms with Crippen molar-refractivity contribution in [2.75, 3.05) is 27.2 Å². The van der Waals surface area contributed by atoms with E-state index in [-0.39, 0.29) is 36.4 Å². The molecule has 0 bridgehead atoms. The molecular weight excluding hydrogens is 467 g/mol. The molecule has 2 aromatic carbocycles. The number of halogens is 1. The highest BCUT2D eigenvalue weighted by molar-refractivity contribution is 14.0. The Morgan fingerprint density at radius 3 is 2.32 bits per heavy atom. The quantitative estimate of drug-likeness (QED) is 0.335. The van der Waals surface area contributed by atoms with Gasteiger partial charge in [-0.2, -0.15) is 0 Å². The monoisotopic (exact) mass is 496 g/mol. The number of rotatable bonds is 8. The fraction of sp³-hybridized carbons (Fsp3) is 0.333. The summed E-state index contributed by atoms with van der Waals surface area (Å²) in [5.74, 6) is 1.42. The highest BCUT2D eigenvalue weighted by Crippen LogP contribution is 2.12. The van der Waals surface area contributed by atoms with Gasteiger partial charge in [0.25, 0.3) is 0 Å². The number of nitrogens with zero attached hydrogens (tertiary/aromatic N) is 2. The number of methoxy groups -OCH3 is 1. The van der Waals surface area contributed by atoms with Crippen LogP contribution in [0.15, 0.2) is 59.6 Å². The van der Waals surface area contributed by atoms with Crippen molar-refractivity contribution < 1.29 is 9.53 Å². The Labute approximate surface area is 184 Å². The molecule has 2 aromatic rings. The Morgan fingerprint density at radius 2 is 1.71 bits per heavy atom. The Morgan fingerprint density at radius 1 is 1.04 bits per heavy atom. The Balaban J connectivity index is 0.00000392. The molecule has 7 heteroatoms. The van der Waals surface area contributed by atoms with Crippen LogP contribution in [-0.2, 0) is 17.9 Å². The van der Waals surface area contributed by atoms with E-state index < -0.39 is 0 Å². The maximum atomic E-state index is 12.1. The maximum absolute atomic E-state index is 12.1. The van der Waals surface area contributed by atoms with E-state index in [2.05, 4.69) is 15.6 Å². The minimum absolute atomic E-state index is 0. The van der Waals surface area contributed by atoms with E-state index in [1.54, 1.807) is 7.11 Å². The molecule has 0 aliphatic carbocycles. The van der Waals surface area contributed by atoms with Crippen molar-refractivity contribution in [3.63, 3.8) is 0 Å². The molecule has 0 spiro atoms. The fourth-order valence-corrected chi connectivity index (χ4v) is 2.55. The van der Waals surface area contributed by atoms with Crippen LogP contribution in [-0.4, -0.2) is 44.0 Å². The van der Waals surface area contributed by atoms with Crippen LogP contribution >= 0.6 is 24.0 Å². The molecule has 0 atom stereocenters. The predicted octanol–water partition coefficient (Wildman–Crippen LogP) is 3.03. The van der Waals surface area contributed by atoms with Gasteiger partial charge in [-0.25, -0.2) is 4.99 Å². The van der Waals surface area contributed by atoms with E-state index in [1.807, 2.05) is 73.5 Å². The topological polar surface area (TPSA) is 66.0 Å². The number of benzene rings is 2. The third kappa shape index (κ3) is 8.16. The average molecular weight is 496 g/mol. The van der Waals surface area contributed by atoms with Crippen molar-refractivity contribution in [3.05, 3.63) is 65.7 Å². The molecule has 0 saturated heterocycles. The van der Waals surface area contributed by atoms with Gasteiger partial charge in [0, 0.05) is 26.7 Å². The second kappa shape index (κ2) is 13.0. The van der Waals surface area contributed by atoms with Crippen LogP contribution in [0.2, 0.25) is 0 Å². The van der Waals surface area contributed by atoms with Crippen LogP contribution < -0.4 is 15.4 Å². The molecule has 0 aliphatic rings. The molecular formula is C21H29IN4O2. The van der Waals surface area contributed by atoms with Crippen LogP contribution in [0.25, 0.3) is 0 Å². The highest BCUT2D eigenvalue weighted by atomic mass is 127. The fourth-order valence-electron chi connectivity index (χ4n) is 2.55. The summed E-state index contributed by atoms with van der Waals surface area (Å²) in [7, 11) is 3.60. The van der Waals surface area contributed by atoms with E-state index in [1.165, 1.54) is 0 Å². The summed E-state index contributed by atoms with van der Waals surface area (Å²) >= 11 is 0. The van der Waals surface area contributed by atoms with Gasteiger partial charge in [-0.15, -0.1) is 24.0 Å². The molecule has 6 nitrogen and oxygen atoms in total. The van der Waals surface area contributed by atoms with E-state index in [0.717, 1.165) is 23.4 Å². The van der Waals surface area contributed by atoms with Gasteiger partial charge < -0.3 is 20.3 Å². The standard InChI is InChI=1S/C21H28N4O2.HI/c1-4-22-21(25(2)16-18-10-12-19(27-3)13-11-18)24-15-20(26)23-14-17-8-6-5-7-9-17;/h5-13H,4,14-16H2,1-3H3,(H,22,24)(H,23,26);1H. The first-order valence-corrected chi connectivity index (χ1v) is 9.05. The molecule has 1 amide bonds. The molecule has 0 heterocycles. The van der Waals surface area contributed by atoms with Gasteiger partial charge >= 0.3 is 0 Å². The lowest BCUT2D eigenvalue weighted by atomic mass is 10.2. The summed E-state index contributed by atoms with van der Waals surface area (Å²) in [6.45, 7) is 4.01. The number of hydrogen-bond donors (Lipinski definition) is 2. The molecule has 2 N–H and O–H groups in total. The zero-order valence-corrected chi connectivity index (χ0v) is 19.0. The number of ether oxygens (including phenoxy) is 1. The van der Waals surface area contributed by atoms with Crippen LogP contribution in [0.4, 0.5) is 0 Å². The Hall–Kier alpha value is -2.29. The van der Waals surface area contributed by atoms with E-state index in [9.17, 15) is 4.79 Å². The number of aliphatic imine (C=N–C) groups is 1. The molecule has 0 saturated carbocycles. The summed E-state index contributed by atoms with van der Waals surface area (Å²) in [5, 5.41) is 6.12. The third-order valence-corrected chi connectivity index (χ3v) is 3.98. The lowest BCUT2D eigenvalue weighted by Crippen LogP contribution is -2.39. The van der Waals surface area contributed by atoms with Crippen molar-refractivity contribution >= 4 is 35.8 Å². The number of hydrogen-bond acceptors (Lipinski definition) is 3. The molecule has 0 aromatic heterocycles. The average Bonchev–Trinajstić information content (AvgIpc) is 2.70. The number of carbonyl (C=O) groups is 1. The molecule has 0 aliphatic heterocycles. The van der Waals surface area contributed by atoms with Gasteiger partial charge in [0.2, 0.25) is 5.91 Å². The van der Waals surface area contributed by atoms with Gasteiger partial charge in [-0.3, -0.25) is 4.79 Å². The molecule has 0 radical (unpaired) electrons. The Kier molecular flexibility index (Phi) is 11.0. The first-order chi connectivity index (χ1) is 13.1. The largest absolute Gasteiger partial charge is 0.497 e. The van der Waals surface area contributed by atoms with Crippen molar-refractivity contribution in [1.82, 2.24) is 15.5 Å². The summed E-state index contributed by atoms with van der Waals surface area (Å²) in [4.78, 5) is 18.5. The molecule has 28 heavy (non-hydrogen) atoms.